The molecular formula is C12H15BrF3N3. The summed E-state index contributed by atoms with van der Waals surface area (Å²) in [6, 6.07) is 2.79. The van der Waals surface area contributed by atoms with Crippen LogP contribution in [0.5, 0.6) is 0 Å². The molecule has 1 saturated heterocycles. The van der Waals surface area contributed by atoms with Crippen LogP contribution in [0.15, 0.2) is 12.1 Å². The van der Waals surface area contributed by atoms with E-state index in [1.165, 1.54) is 6.07 Å². The van der Waals surface area contributed by atoms with Gasteiger partial charge in [-0.05, 0) is 37.8 Å². The highest BCUT2D eigenvalue weighted by Gasteiger charge is 2.33. The third-order valence-electron chi connectivity index (χ3n) is 3.28. The Morgan fingerprint density at radius 2 is 2.11 bits per heavy atom. The van der Waals surface area contributed by atoms with E-state index < -0.39 is 11.9 Å². The standard InChI is InChI=1S/C12H15BrF3N3/c13-7-1-3-9-4-2-8-19(9)11-6-5-10(17-18-11)12(14,15)16/h5-6,9H,1-4,7-8H2. The molecule has 0 bridgehead atoms. The Morgan fingerprint density at radius 1 is 1.32 bits per heavy atom. The predicted molar refractivity (Wildman–Crippen MR) is 70.4 cm³/mol. The van der Waals surface area contributed by atoms with Gasteiger partial charge in [-0.25, -0.2) is 0 Å². The molecule has 2 rings (SSSR count). The third kappa shape index (κ3) is 3.58. The number of nitrogens with zero attached hydrogens (tertiary/aromatic N) is 3. The molecule has 1 atom stereocenters. The molecule has 2 heterocycles. The Bertz CT molecular complexity index is 408. The number of hydrogen-bond donors (Lipinski definition) is 0. The van der Waals surface area contributed by atoms with Crippen molar-refractivity contribution in [3.63, 3.8) is 0 Å². The summed E-state index contributed by atoms with van der Waals surface area (Å²) >= 11 is 3.39. The van der Waals surface area contributed by atoms with Crippen LogP contribution in [0.3, 0.4) is 0 Å². The van der Waals surface area contributed by atoms with Crippen LogP contribution in [-0.4, -0.2) is 28.1 Å². The van der Waals surface area contributed by atoms with Crippen molar-refractivity contribution in [3.05, 3.63) is 17.8 Å². The van der Waals surface area contributed by atoms with Crippen molar-refractivity contribution < 1.29 is 13.2 Å². The average Bonchev–Trinajstić information content (AvgIpc) is 2.83. The smallest absolute Gasteiger partial charge is 0.352 e. The summed E-state index contributed by atoms with van der Waals surface area (Å²) in [7, 11) is 0. The Kier molecular flexibility index (Phi) is 4.65. The number of alkyl halides is 4. The van der Waals surface area contributed by atoms with Crippen molar-refractivity contribution >= 4 is 21.7 Å². The van der Waals surface area contributed by atoms with Crippen molar-refractivity contribution in [2.24, 2.45) is 0 Å². The van der Waals surface area contributed by atoms with E-state index in [1.54, 1.807) is 0 Å². The van der Waals surface area contributed by atoms with Gasteiger partial charge in [0.1, 0.15) is 0 Å². The second-order valence-corrected chi connectivity index (χ2v) is 5.39. The van der Waals surface area contributed by atoms with Crippen LogP contribution in [0.1, 0.15) is 31.4 Å². The van der Waals surface area contributed by atoms with Crippen LogP contribution >= 0.6 is 15.9 Å². The van der Waals surface area contributed by atoms with E-state index >= 15 is 0 Å². The topological polar surface area (TPSA) is 29.0 Å². The van der Waals surface area contributed by atoms with Crippen molar-refractivity contribution in [2.45, 2.75) is 37.9 Å². The molecule has 7 heteroatoms. The second-order valence-electron chi connectivity index (χ2n) is 4.60. The summed E-state index contributed by atoms with van der Waals surface area (Å²) in [6.07, 6.45) is -0.236. The Hall–Kier alpha value is -0.850. The van der Waals surface area contributed by atoms with Gasteiger partial charge in [-0.1, -0.05) is 15.9 Å². The number of anilines is 1. The van der Waals surface area contributed by atoms with Gasteiger partial charge in [0.25, 0.3) is 0 Å². The van der Waals surface area contributed by atoms with Gasteiger partial charge in [-0.3, -0.25) is 0 Å². The monoisotopic (exact) mass is 337 g/mol. The SMILES string of the molecule is FC(F)(F)c1ccc(N2CCCC2CCCBr)nn1. The normalized spacial score (nSPS) is 20.0. The molecule has 0 amide bonds. The number of aromatic nitrogens is 2. The Labute approximate surface area is 118 Å². The van der Waals surface area contributed by atoms with Crippen LogP contribution < -0.4 is 4.90 Å². The average molecular weight is 338 g/mol. The molecule has 0 N–H and O–H groups in total. The lowest BCUT2D eigenvalue weighted by Crippen LogP contribution is -2.30. The van der Waals surface area contributed by atoms with Crippen LogP contribution in [0.2, 0.25) is 0 Å². The summed E-state index contributed by atoms with van der Waals surface area (Å²) in [5.74, 6) is 0.546. The maximum absolute atomic E-state index is 12.4. The fraction of sp³-hybridized carbons (Fsp3) is 0.667. The maximum atomic E-state index is 12.4. The zero-order chi connectivity index (χ0) is 13.9. The molecule has 19 heavy (non-hydrogen) atoms. The first kappa shape index (κ1) is 14.6. The van der Waals surface area contributed by atoms with Gasteiger partial charge < -0.3 is 4.90 Å². The maximum Gasteiger partial charge on any atom is 0.435 e. The lowest BCUT2D eigenvalue weighted by Gasteiger charge is -2.25. The van der Waals surface area contributed by atoms with Gasteiger partial charge in [0.2, 0.25) is 0 Å². The minimum absolute atomic E-state index is 0.364. The molecule has 1 aromatic heterocycles. The van der Waals surface area contributed by atoms with Crippen LogP contribution in [0.4, 0.5) is 19.0 Å². The Balaban J connectivity index is 2.08. The molecule has 0 radical (unpaired) electrons. The summed E-state index contributed by atoms with van der Waals surface area (Å²) in [6.45, 7) is 0.840. The van der Waals surface area contributed by atoms with Crippen molar-refractivity contribution in [1.29, 1.82) is 0 Å². The van der Waals surface area contributed by atoms with E-state index in [9.17, 15) is 13.2 Å². The van der Waals surface area contributed by atoms with Crippen LogP contribution in [0, 0.1) is 0 Å². The highest BCUT2D eigenvalue weighted by Crippen LogP contribution is 2.30. The molecule has 0 saturated carbocycles. The Morgan fingerprint density at radius 3 is 2.68 bits per heavy atom. The van der Waals surface area contributed by atoms with Gasteiger partial charge in [0, 0.05) is 17.9 Å². The molecule has 1 aromatic rings. The van der Waals surface area contributed by atoms with Crippen molar-refractivity contribution in [3.8, 4) is 0 Å². The van der Waals surface area contributed by atoms with Crippen LogP contribution in [-0.2, 0) is 6.18 Å². The van der Waals surface area contributed by atoms with E-state index in [0.29, 0.717) is 11.9 Å². The molecule has 0 spiro atoms. The lowest BCUT2D eigenvalue weighted by molar-refractivity contribution is -0.141. The summed E-state index contributed by atoms with van der Waals surface area (Å²) in [5, 5.41) is 7.95. The number of rotatable bonds is 4. The number of halogens is 4. The fourth-order valence-corrected chi connectivity index (χ4v) is 2.70. The summed E-state index contributed by atoms with van der Waals surface area (Å²) < 4.78 is 37.3. The minimum Gasteiger partial charge on any atom is -0.352 e. The zero-order valence-electron chi connectivity index (χ0n) is 10.3. The first-order chi connectivity index (χ1) is 9.02. The predicted octanol–water partition coefficient (Wildman–Crippen LogP) is 3.64. The molecule has 106 valence electrons. The van der Waals surface area contributed by atoms with E-state index in [2.05, 4.69) is 31.0 Å². The fourth-order valence-electron chi connectivity index (χ4n) is 2.38. The lowest BCUT2D eigenvalue weighted by atomic mass is 10.1. The molecule has 1 aliphatic rings. The number of hydrogen-bond acceptors (Lipinski definition) is 3. The van der Waals surface area contributed by atoms with E-state index in [-0.39, 0.29) is 0 Å². The highest BCUT2D eigenvalue weighted by molar-refractivity contribution is 9.09. The van der Waals surface area contributed by atoms with Crippen molar-refractivity contribution in [2.75, 3.05) is 16.8 Å². The van der Waals surface area contributed by atoms with Crippen molar-refractivity contribution in [1.82, 2.24) is 10.2 Å². The van der Waals surface area contributed by atoms with Gasteiger partial charge in [0.15, 0.2) is 11.5 Å². The first-order valence-corrected chi connectivity index (χ1v) is 7.38. The quantitative estimate of drug-likeness (QED) is 0.785. The van der Waals surface area contributed by atoms with E-state index in [1.807, 2.05) is 0 Å². The minimum atomic E-state index is -4.42. The molecule has 1 aliphatic heterocycles. The zero-order valence-corrected chi connectivity index (χ0v) is 11.9. The molecular weight excluding hydrogens is 323 g/mol. The van der Waals surface area contributed by atoms with E-state index in [4.69, 9.17) is 0 Å². The van der Waals surface area contributed by atoms with Gasteiger partial charge in [0.05, 0.1) is 0 Å². The van der Waals surface area contributed by atoms with Gasteiger partial charge in [-0.2, -0.15) is 13.2 Å². The van der Waals surface area contributed by atoms with Gasteiger partial charge in [-0.15, -0.1) is 10.2 Å². The molecule has 0 aliphatic carbocycles. The third-order valence-corrected chi connectivity index (χ3v) is 3.84. The van der Waals surface area contributed by atoms with E-state index in [0.717, 1.165) is 43.6 Å². The summed E-state index contributed by atoms with van der Waals surface area (Å²) in [5.41, 5.74) is -0.938. The molecule has 3 nitrogen and oxygen atoms in total. The second kappa shape index (κ2) is 6.07. The molecule has 0 aromatic carbocycles. The first-order valence-electron chi connectivity index (χ1n) is 6.26. The van der Waals surface area contributed by atoms with Crippen LogP contribution in [0.25, 0.3) is 0 Å². The molecule has 1 fully saturated rings. The highest BCUT2D eigenvalue weighted by atomic mass is 79.9. The molecule has 1 unspecified atom stereocenters. The largest absolute Gasteiger partial charge is 0.435 e. The van der Waals surface area contributed by atoms with Gasteiger partial charge >= 0.3 is 6.18 Å². The summed E-state index contributed by atoms with van der Waals surface area (Å²) in [4.78, 5) is 2.07.